The molecule has 0 aromatic carbocycles. The third kappa shape index (κ3) is 8.61. The molecule has 0 aliphatic heterocycles. The van der Waals surface area contributed by atoms with E-state index < -0.39 is 0 Å². The van der Waals surface area contributed by atoms with Crippen LogP contribution in [-0.4, -0.2) is 49.3 Å². The number of aliphatic hydroxyl groups is 1. The van der Waals surface area contributed by atoms with Crippen LogP contribution in [0.25, 0.3) is 0 Å². The number of hydrogen-bond donors (Lipinski definition) is 2. The Kier molecular flexibility index (Phi) is 9.67. The number of nitrogens with zero attached hydrogens (tertiary/aromatic N) is 1. The van der Waals surface area contributed by atoms with E-state index in [9.17, 15) is 5.11 Å². The van der Waals surface area contributed by atoms with Gasteiger partial charge in [0.05, 0.1) is 6.10 Å². The summed E-state index contributed by atoms with van der Waals surface area (Å²) in [6.07, 6.45) is 3.07. The van der Waals surface area contributed by atoms with Gasteiger partial charge in [-0.1, -0.05) is 27.7 Å². The lowest BCUT2D eigenvalue weighted by molar-refractivity contribution is 0.125. The van der Waals surface area contributed by atoms with Gasteiger partial charge in [0.2, 0.25) is 0 Å². The fourth-order valence-corrected chi connectivity index (χ4v) is 2.46. The fourth-order valence-electron chi connectivity index (χ4n) is 2.46. The van der Waals surface area contributed by atoms with E-state index in [2.05, 4.69) is 45.0 Å². The van der Waals surface area contributed by atoms with Gasteiger partial charge >= 0.3 is 0 Å². The van der Waals surface area contributed by atoms with Crippen molar-refractivity contribution in [2.24, 2.45) is 11.3 Å². The van der Waals surface area contributed by atoms with Crippen LogP contribution in [0.15, 0.2) is 0 Å². The van der Waals surface area contributed by atoms with E-state index in [1.54, 1.807) is 0 Å². The van der Waals surface area contributed by atoms with Crippen molar-refractivity contribution in [1.29, 1.82) is 0 Å². The Morgan fingerprint density at radius 2 is 1.74 bits per heavy atom. The van der Waals surface area contributed by atoms with Gasteiger partial charge in [0.25, 0.3) is 0 Å². The number of aliphatic hydroxyl groups excluding tert-OH is 1. The van der Waals surface area contributed by atoms with Gasteiger partial charge in [0, 0.05) is 19.6 Å². The zero-order valence-corrected chi connectivity index (χ0v) is 14.0. The first-order chi connectivity index (χ1) is 8.85. The van der Waals surface area contributed by atoms with Gasteiger partial charge in [-0.05, 0) is 51.1 Å². The summed E-state index contributed by atoms with van der Waals surface area (Å²) in [6.45, 7) is 15.2. The number of rotatable bonds is 11. The molecule has 0 radical (unpaired) electrons. The quantitative estimate of drug-likeness (QED) is 0.607. The van der Waals surface area contributed by atoms with Crippen molar-refractivity contribution in [2.75, 3.05) is 33.2 Å². The van der Waals surface area contributed by atoms with Crippen LogP contribution in [0.5, 0.6) is 0 Å². The molecule has 0 aliphatic rings. The molecule has 0 rings (SSSR count). The van der Waals surface area contributed by atoms with Crippen LogP contribution in [-0.2, 0) is 0 Å². The average molecular weight is 272 g/mol. The van der Waals surface area contributed by atoms with Gasteiger partial charge in [-0.15, -0.1) is 0 Å². The summed E-state index contributed by atoms with van der Waals surface area (Å²) in [7, 11) is 2.17. The third-order valence-corrected chi connectivity index (χ3v) is 4.09. The largest absolute Gasteiger partial charge is 0.393 e. The van der Waals surface area contributed by atoms with Crippen LogP contribution >= 0.6 is 0 Å². The van der Waals surface area contributed by atoms with Crippen LogP contribution in [0.4, 0.5) is 0 Å². The van der Waals surface area contributed by atoms with Crippen molar-refractivity contribution < 1.29 is 5.11 Å². The summed E-state index contributed by atoms with van der Waals surface area (Å²) >= 11 is 0. The average Bonchev–Trinajstić information content (AvgIpc) is 2.34. The maximum Gasteiger partial charge on any atom is 0.0524 e. The van der Waals surface area contributed by atoms with Gasteiger partial charge in [0.1, 0.15) is 0 Å². The van der Waals surface area contributed by atoms with Gasteiger partial charge in [0.15, 0.2) is 0 Å². The summed E-state index contributed by atoms with van der Waals surface area (Å²) in [4.78, 5) is 2.37. The molecule has 3 heteroatoms. The van der Waals surface area contributed by atoms with E-state index >= 15 is 0 Å². The second-order valence-electron chi connectivity index (χ2n) is 6.61. The van der Waals surface area contributed by atoms with Crippen LogP contribution < -0.4 is 5.32 Å². The molecular weight excluding hydrogens is 236 g/mol. The Hall–Kier alpha value is -0.120. The van der Waals surface area contributed by atoms with E-state index in [-0.39, 0.29) is 6.10 Å². The lowest BCUT2D eigenvalue weighted by atomic mass is 9.81. The Balaban J connectivity index is 4.27. The number of nitrogens with one attached hydrogen (secondary N) is 1. The van der Waals surface area contributed by atoms with E-state index in [0.717, 1.165) is 32.6 Å². The summed E-state index contributed by atoms with van der Waals surface area (Å²) in [5, 5.41) is 13.0. The minimum absolute atomic E-state index is 0.195. The molecule has 0 heterocycles. The maximum atomic E-state index is 9.38. The van der Waals surface area contributed by atoms with Crippen molar-refractivity contribution in [3.63, 3.8) is 0 Å². The summed E-state index contributed by atoms with van der Waals surface area (Å²) in [5.41, 5.74) is 0.363. The fraction of sp³-hybridized carbons (Fsp3) is 1.00. The molecule has 1 unspecified atom stereocenters. The topological polar surface area (TPSA) is 35.5 Å². The molecule has 1 atom stereocenters. The Labute approximate surface area is 120 Å². The Morgan fingerprint density at radius 3 is 2.16 bits per heavy atom. The molecule has 0 aliphatic carbocycles. The smallest absolute Gasteiger partial charge is 0.0524 e. The molecular formula is C16H36N2O. The zero-order valence-electron chi connectivity index (χ0n) is 14.0. The first kappa shape index (κ1) is 18.9. The molecule has 0 saturated carbocycles. The molecule has 116 valence electrons. The monoisotopic (exact) mass is 272 g/mol. The highest BCUT2D eigenvalue weighted by Crippen LogP contribution is 2.26. The van der Waals surface area contributed by atoms with Crippen molar-refractivity contribution in [3.8, 4) is 0 Å². The summed E-state index contributed by atoms with van der Waals surface area (Å²) in [6, 6.07) is 0. The van der Waals surface area contributed by atoms with Gasteiger partial charge < -0.3 is 15.3 Å². The van der Waals surface area contributed by atoms with E-state index in [1.807, 2.05) is 6.92 Å². The van der Waals surface area contributed by atoms with Crippen molar-refractivity contribution in [3.05, 3.63) is 0 Å². The van der Waals surface area contributed by atoms with Gasteiger partial charge in [-0.25, -0.2) is 0 Å². The van der Waals surface area contributed by atoms with E-state index in [1.165, 1.54) is 12.8 Å². The van der Waals surface area contributed by atoms with Gasteiger partial charge in [-0.3, -0.25) is 0 Å². The minimum atomic E-state index is -0.195. The maximum absolute atomic E-state index is 9.38. The first-order valence-electron chi connectivity index (χ1n) is 7.92. The minimum Gasteiger partial charge on any atom is -0.393 e. The van der Waals surface area contributed by atoms with Crippen LogP contribution in [0.1, 0.15) is 53.9 Å². The highest BCUT2D eigenvalue weighted by atomic mass is 16.3. The van der Waals surface area contributed by atoms with Crippen LogP contribution in [0.3, 0.4) is 0 Å². The van der Waals surface area contributed by atoms with Crippen molar-refractivity contribution in [1.82, 2.24) is 10.2 Å². The zero-order chi connectivity index (χ0) is 14.9. The second kappa shape index (κ2) is 9.73. The van der Waals surface area contributed by atoms with E-state index in [0.29, 0.717) is 11.3 Å². The molecule has 0 saturated heterocycles. The molecule has 0 fully saturated rings. The standard InChI is InChI=1S/C16H36N2O/c1-7-16(8-2,12-17-11-14(3)4)13-18(6)10-9-15(5)19/h14-15,17,19H,7-13H2,1-6H3. The van der Waals surface area contributed by atoms with Crippen molar-refractivity contribution in [2.45, 2.75) is 60.0 Å². The molecule has 0 aromatic heterocycles. The lowest BCUT2D eigenvalue weighted by Gasteiger charge is -2.36. The number of hydrogen-bond acceptors (Lipinski definition) is 3. The molecule has 3 nitrogen and oxygen atoms in total. The highest BCUT2D eigenvalue weighted by Gasteiger charge is 2.27. The third-order valence-electron chi connectivity index (χ3n) is 4.09. The second-order valence-corrected chi connectivity index (χ2v) is 6.61. The van der Waals surface area contributed by atoms with Crippen LogP contribution in [0, 0.1) is 11.3 Å². The van der Waals surface area contributed by atoms with Gasteiger partial charge in [-0.2, -0.15) is 0 Å². The molecule has 19 heavy (non-hydrogen) atoms. The summed E-state index contributed by atoms with van der Waals surface area (Å²) < 4.78 is 0. The lowest BCUT2D eigenvalue weighted by Crippen LogP contribution is -2.43. The molecule has 0 spiro atoms. The molecule has 0 amide bonds. The Bertz CT molecular complexity index is 213. The highest BCUT2D eigenvalue weighted by molar-refractivity contribution is 4.82. The SMILES string of the molecule is CCC(CC)(CNCC(C)C)CN(C)CCC(C)O. The van der Waals surface area contributed by atoms with Crippen molar-refractivity contribution >= 4 is 0 Å². The first-order valence-corrected chi connectivity index (χ1v) is 7.92. The van der Waals surface area contributed by atoms with E-state index in [4.69, 9.17) is 0 Å². The predicted octanol–water partition coefficient (Wildman–Crippen LogP) is 2.74. The Morgan fingerprint density at radius 1 is 1.16 bits per heavy atom. The molecule has 2 N–H and O–H groups in total. The van der Waals surface area contributed by atoms with Crippen LogP contribution in [0.2, 0.25) is 0 Å². The predicted molar refractivity (Wildman–Crippen MR) is 84.5 cm³/mol. The molecule has 0 aromatic rings. The molecule has 0 bridgehead atoms. The summed E-state index contributed by atoms with van der Waals surface area (Å²) in [5.74, 6) is 0.708. The normalized spacial score (nSPS) is 14.4.